The Balaban J connectivity index is 2.32. The van der Waals surface area contributed by atoms with Crippen molar-refractivity contribution in [2.24, 2.45) is 0 Å². The Labute approximate surface area is 112 Å². The molecule has 0 atom stereocenters. The van der Waals surface area contributed by atoms with E-state index in [1.807, 2.05) is 0 Å². The summed E-state index contributed by atoms with van der Waals surface area (Å²) < 4.78 is 0. The van der Waals surface area contributed by atoms with E-state index in [0.717, 1.165) is 12.3 Å². The lowest BCUT2D eigenvalue weighted by Gasteiger charge is -2.04. The average molecular weight is 274 g/mol. The molecular weight excluding hydrogens is 264 g/mol. The number of rotatable bonds is 3. The van der Waals surface area contributed by atoms with Crippen LogP contribution in [0.5, 0.6) is 0 Å². The van der Waals surface area contributed by atoms with Gasteiger partial charge in [-0.2, -0.15) is 0 Å². The molecule has 2 aromatic rings. The number of carbonyl (C=O) groups excluding carboxylic acids is 1. The minimum Gasteiger partial charge on any atom is -0.322 e. The molecule has 2 rings (SSSR count). The standard InChI is InChI=1S/C12H10N4O4/c1-7-3-2-4-10(14-7)15-12(18)9-5-8(16(19)20)6-13-11(9)17/h2-6H,1H3,(H,13,17)(H,14,15,18). The summed E-state index contributed by atoms with van der Waals surface area (Å²) in [4.78, 5) is 39.6. The lowest BCUT2D eigenvalue weighted by Crippen LogP contribution is -2.23. The fourth-order valence-electron chi connectivity index (χ4n) is 1.54. The number of nitrogens with zero attached hydrogens (tertiary/aromatic N) is 2. The van der Waals surface area contributed by atoms with Crippen molar-refractivity contribution in [3.05, 3.63) is 62.2 Å². The van der Waals surface area contributed by atoms with E-state index in [1.54, 1.807) is 25.1 Å². The Morgan fingerprint density at radius 3 is 2.85 bits per heavy atom. The zero-order valence-electron chi connectivity index (χ0n) is 10.4. The van der Waals surface area contributed by atoms with Gasteiger partial charge in [0.05, 0.1) is 11.1 Å². The molecule has 0 aliphatic heterocycles. The predicted molar refractivity (Wildman–Crippen MR) is 70.6 cm³/mol. The number of hydrogen-bond acceptors (Lipinski definition) is 5. The number of nitro groups is 1. The van der Waals surface area contributed by atoms with Crippen molar-refractivity contribution in [2.45, 2.75) is 6.92 Å². The molecule has 102 valence electrons. The molecular formula is C12H10N4O4. The smallest absolute Gasteiger partial charge is 0.286 e. The molecule has 8 heteroatoms. The van der Waals surface area contributed by atoms with Crippen LogP contribution in [0.1, 0.15) is 16.1 Å². The van der Waals surface area contributed by atoms with Crippen LogP contribution in [0.15, 0.2) is 35.3 Å². The number of hydrogen-bond donors (Lipinski definition) is 2. The minimum absolute atomic E-state index is 0.265. The summed E-state index contributed by atoms with van der Waals surface area (Å²) in [5.74, 6) is -0.492. The van der Waals surface area contributed by atoms with Gasteiger partial charge >= 0.3 is 0 Å². The lowest BCUT2D eigenvalue weighted by atomic mass is 10.2. The maximum atomic E-state index is 11.9. The van der Waals surface area contributed by atoms with Crippen molar-refractivity contribution in [1.29, 1.82) is 0 Å². The third kappa shape index (κ3) is 2.86. The van der Waals surface area contributed by atoms with Crippen LogP contribution in [-0.2, 0) is 0 Å². The largest absolute Gasteiger partial charge is 0.322 e. The van der Waals surface area contributed by atoms with E-state index in [9.17, 15) is 19.7 Å². The molecule has 0 saturated carbocycles. The van der Waals surface area contributed by atoms with E-state index in [-0.39, 0.29) is 17.1 Å². The normalized spacial score (nSPS) is 10.1. The molecule has 20 heavy (non-hydrogen) atoms. The number of H-pyrrole nitrogens is 1. The molecule has 8 nitrogen and oxygen atoms in total. The van der Waals surface area contributed by atoms with Crippen molar-refractivity contribution in [1.82, 2.24) is 9.97 Å². The second-order valence-electron chi connectivity index (χ2n) is 3.98. The molecule has 0 spiro atoms. The highest BCUT2D eigenvalue weighted by atomic mass is 16.6. The molecule has 0 aliphatic rings. The highest BCUT2D eigenvalue weighted by molar-refractivity contribution is 6.03. The maximum Gasteiger partial charge on any atom is 0.286 e. The molecule has 2 N–H and O–H groups in total. The van der Waals surface area contributed by atoms with Crippen molar-refractivity contribution in [3.8, 4) is 0 Å². The molecule has 2 heterocycles. The van der Waals surface area contributed by atoms with E-state index in [0.29, 0.717) is 5.69 Å². The zero-order chi connectivity index (χ0) is 14.7. The van der Waals surface area contributed by atoms with E-state index in [1.165, 1.54) is 0 Å². The molecule has 1 amide bonds. The number of carbonyl (C=O) groups is 1. The molecule has 0 aliphatic carbocycles. The van der Waals surface area contributed by atoms with Gasteiger partial charge in [-0.05, 0) is 19.1 Å². The number of nitrogens with one attached hydrogen (secondary N) is 2. The van der Waals surface area contributed by atoms with Gasteiger partial charge in [-0.25, -0.2) is 4.98 Å². The van der Waals surface area contributed by atoms with Gasteiger partial charge in [0, 0.05) is 11.8 Å². The van der Waals surface area contributed by atoms with E-state index in [4.69, 9.17) is 0 Å². The summed E-state index contributed by atoms with van der Waals surface area (Å²) in [6.45, 7) is 1.75. The first-order valence-corrected chi connectivity index (χ1v) is 5.59. The second kappa shape index (κ2) is 5.31. The summed E-state index contributed by atoms with van der Waals surface area (Å²) in [5, 5.41) is 13.0. The molecule has 0 unspecified atom stereocenters. The van der Waals surface area contributed by atoms with Gasteiger partial charge in [0.1, 0.15) is 11.4 Å². The summed E-state index contributed by atoms with van der Waals surface area (Å²) in [7, 11) is 0. The summed E-state index contributed by atoms with van der Waals surface area (Å²) in [5.41, 5.74) is -0.731. The SMILES string of the molecule is Cc1cccc(NC(=O)c2cc([N+](=O)[O-])c[nH]c2=O)n1. The number of aromatic amines is 1. The van der Waals surface area contributed by atoms with Gasteiger partial charge in [-0.15, -0.1) is 0 Å². The van der Waals surface area contributed by atoms with E-state index >= 15 is 0 Å². The maximum absolute atomic E-state index is 11.9. The van der Waals surface area contributed by atoms with Crippen LogP contribution in [-0.4, -0.2) is 20.8 Å². The van der Waals surface area contributed by atoms with E-state index in [2.05, 4.69) is 15.3 Å². The predicted octanol–water partition coefficient (Wildman–Crippen LogP) is 1.24. The molecule has 0 radical (unpaired) electrons. The number of anilines is 1. The Morgan fingerprint density at radius 2 is 2.20 bits per heavy atom. The first-order chi connectivity index (χ1) is 9.47. The van der Waals surface area contributed by atoms with Crippen molar-refractivity contribution >= 4 is 17.4 Å². The third-order valence-electron chi connectivity index (χ3n) is 2.47. The Hall–Kier alpha value is -3.03. The molecule has 0 fully saturated rings. The van der Waals surface area contributed by atoms with Crippen molar-refractivity contribution in [3.63, 3.8) is 0 Å². The number of pyridine rings is 2. The number of amides is 1. The Kier molecular flexibility index (Phi) is 3.56. The van der Waals surface area contributed by atoms with Crippen LogP contribution in [0.3, 0.4) is 0 Å². The van der Waals surface area contributed by atoms with Gasteiger partial charge in [0.25, 0.3) is 17.2 Å². The minimum atomic E-state index is -0.756. The zero-order valence-corrected chi connectivity index (χ0v) is 10.4. The lowest BCUT2D eigenvalue weighted by molar-refractivity contribution is -0.385. The fraction of sp³-hybridized carbons (Fsp3) is 0.0833. The topological polar surface area (TPSA) is 118 Å². The van der Waals surface area contributed by atoms with Gasteiger partial charge in [0.15, 0.2) is 0 Å². The van der Waals surface area contributed by atoms with Crippen molar-refractivity contribution in [2.75, 3.05) is 5.32 Å². The van der Waals surface area contributed by atoms with Crippen LogP contribution in [0.4, 0.5) is 11.5 Å². The first kappa shape index (κ1) is 13.4. The summed E-state index contributed by atoms with van der Waals surface area (Å²) in [6, 6.07) is 5.91. The van der Waals surface area contributed by atoms with Gasteiger partial charge < -0.3 is 10.3 Å². The average Bonchev–Trinajstić information content (AvgIpc) is 2.38. The van der Waals surface area contributed by atoms with Crippen molar-refractivity contribution < 1.29 is 9.72 Å². The van der Waals surface area contributed by atoms with Gasteiger partial charge in [0.2, 0.25) is 0 Å². The number of aromatic nitrogens is 2. The Bertz CT molecular complexity index is 738. The quantitative estimate of drug-likeness (QED) is 0.644. The van der Waals surface area contributed by atoms with Crippen LogP contribution in [0.2, 0.25) is 0 Å². The van der Waals surface area contributed by atoms with Crippen LogP contribution < -0.4 is 10.9 Å². The monoisotopic (exact) mass is 274 g/mol. The molecule has 0 aromatic carbocycles. The molecule has 2 aromatic heterocycles. The van der Waals surface area contributed by atoms with Gasteiger partial charge in [-0.3, -0.25) is 19.7 Å². The highest BCUT2D eigenvalue weighted by Gasteiger charge is 2.16. The van der Waals surface area contributed by atoms with E-state index < -0.39 is 16.4 Å². The summed E-state index contributed by atoms with van der Waals surface area (Å²) in [6.07, 6.45) is 0.935. The summed E-state index contributed by atoms with van der Waals surface area (Å²) >= 11 is 0. The molecule has 0 bridgehead atoms. The van der Waals surface area contributed by atoms with Crippen LogP contribution >= 0.6 is 0 Å². The molecule has 0 saturated heterocycles. The van der Waals surface area contributed by atoms with Gasteiger partial charge in [-0.1, -0.05) is 6.07 Å². The number of aryl methyl sites for hydroxylation is 1. The fourth-order valence-corrected chi connectivity index (χ4v) is 1.54. The Morgan fingerprint density at radius 1 is 1.45 bits per heavy atom. The first-order valence-electron chi connectivity index (χ1n) is 5.59. The highest BCUT2D eigenvalue weighted by Crippen LogP contribution is 2.10. The van der Waals surface area contributed by atoms with Crippen LogP contribution in [0, 0.1) is 17.0 Å². The van der Waals surface area contributed by atoms with Crippen LogP contribution in [0.25, 0.3) is 0 Å². The third-order valence-corrected chi connectivity index (χ3v) is 2.47. The second-order valence-corrected chi connectivity index (χ2v) is 3.98.